The molecule has 9 heteroatoms. The maximum absolute atomic E-state index is 12.6. The fraction of sp³-hybridized carbons (Fsp3) is 0.280. The molecule has 0 radical (unpaired) electrons. The van der Waals surface area contributed by atoms with Gasteiger partial charge in [0.2, 0.25) is 0 Å². The largest absolute Gasteiger partial charge is 0.486 e. The number of rotatable bonds is 4. The molecule has 2 aliphatic rings. The summed E-state index contributed by atoms with van der Waals surface area (Å²) in [6.07, 6.45) is 4.13. The van der Waals surface area contributed by atoms with Crippen molar-refractivity contribution in [3.63, 3.8) is 0 Å². The zero-order chi connectivity index (χ0) is 23.0. The molecule has 170 valence electrons. The van der Waals surface area contributed by atoms with Crippen molar-refractivity contribution in [3.05, 3.63) is 77.9 Å². The molecule has 9 nitrogen and oxygen atoms in total. The van der Waals surface area contributed by atoms with E-state index in [4.69, 9.17) is 9.26 Å². The van der Waals surface area contributed by atoms with Crippen LogP contribution in [-0.2, 0) is 6.42 Å². The monoisotopic (exact) mass is 454 g/mol. The number of piperidine rings is 1. The Bertz CT molecular complexity index is 1310. The van der Waals surface area contributed by atoms with E-state index in [9.17, 15) is 4.79 Å². The Morgan fingerprint density at radius 2 is 1.82 bits per heavy atom. The average molecular weight is 454 g/mol. The van der Waals surface area contributed by atoms with E-state index in [2.05, 4.69) is 30.2 Å². The second-order valence-corrected chi connectivity index (χ2v) is 8.66. The Morgan fingerprint density at radius 1 is 0.971 bits per heavy atom. The average Bonchev–Trinajstić information content (AvgIpc) is 3.34. The first-order chi connectivity index (χ1) is 16.7. The van der Waals surface area contributed by atoms with Crippen molar-refractivity contribution in [2.75, 3.05) is 18.0 Å². The first-order valence-electron chi connectivity index (χ1n) is 11.3. The van der Waals surface area contributed by atoms with Crippen molar-refractivity contribution in [2.24, 2.45) is 0 Å². The zero-order valence-corrected chi connectivity index (χ0v) is 18.4. The van der Waals surface area contributed by atoms with Gasteiger partial charge in [0.05, 0.1) is 18.4 Å². The lowest BCUT2D eigenvalue weighted by Gasteiger charge is -2.44. The lowest BCUT2D eigenvalue weighted by atomic mass is 9.82. The lowest BCUT2D eigenvalue weighted by Crippen LogP contribution is -2.51. The van der Waals surface area contributed by atoms with Gasteiger partial charge in [-0.3, -0.25) is 9.78 Å². The Balaban J connectivity index is 1.11. The smallest absolute Gasteiger partial charge is 0.278 e. The van der Waals surface area contributed by atoms with Crippen LogP contribution in [0.4, 0.5) is 5.82 Å². The lowest BCUT2D eigenvalue weighted by molar-refractivity contribution is 0.0231. The predicted molar refractivity (Wildman–Crippen MR) is 123 cm³/mol. The summed E-state index contributed by atoms with van der Waals surface area (Å²) in [4.78, 5) is 23.5. The molecule has 0 N–H and O–H groups in total. The number of Topliss-reactive ketones (excluding diaryl/α,β-unsaturated/α-hetero) is 1. The second-order valence-electron chi connectivity index (χ2n) is 8.66. The number of nitrogens with zero attached hydrogens (tertiary/aromatic N) is 6. The number of anilines is 1. The summed E-state index contributed by atoms with van der Waals surface area (Å²) < 4.78 is 11.7. The Labute approximate surface area is 195 Å². The summed E-state index contributed by atoms with van der Waals surface area (Å²) >= 11 is 0. The van der Waals surface area contributed by atoms with Crippen molar-refractivity contribution < 1.29 is 14.1 Å². The van der Waals surface area contributed by atoms with E-state index >= 15 is 0 Å². The standard InChI is InChI=1S/C25H22N6O3/c32-20-16-25(33-21-7-2-1-6-18(20)21)10-13-31(14-11-25)23-9-8-19(28-29-23)24-27-22(30-34-24)15-17-5-3-4-12-26-17/h1-9,12H,10-11,13-16H2. The van der Waals surface area contributed by atoms with E-state index in [1.54, 1.807) is 6.20 Å². The molecule has 4 aromatic rings. The van der Waals surface area contributed by atoms with Crippen LogP contribution in [0, 0.1) is 0 Å². The molecular formula is C25H22N6O3. The third kappa shape index (κ3) is 3.89. The number of ketones is 1. The molecule has 34 heavy (non-hydrogen) atoms. The molecule has 2 aliphatic heterocycles. The molecular weight excluding hydrogens is 432 g/mol. The first kappa shape index (κ1) is 20.5. The molecule has 0 aliphatic carbocycles. The van der Waals surface area contributed by atoms with Crippen LogP contribution in [0.3, 0.4) is 0 Å². The van der Waals surface area contributed by atoms with Gasteiger partial charge in [-0.2, -0.15) is 4.98 Å². The topological polar surface area (TPSA) is 107 Å². The van der Waals surface area contributed by atoms with Crippen molar-refractivity contribution >= 4 is 11.6 Å². The van der Waals surface area contributed by atoms with Crippen LogP contribution >= 0.6 is 0 Å². The number of hydrogen-bond acceptors (Lipinski definition) is 9. The number of benzene rings is 1. The van der Waals surface area contributed by atoms with Gasteiger partial charge < -0.3 is 14.2 Å². The molecule has 6 rings (SSSR count). The van der Waals surface area contributed by atoms with Gasteiger partial charge in [0.25, 0.3) is 5.89 Å². The molecule has 0 bridgehead atoms. The highest BCUT2D eigenvalue weighted by molar-refractivity contribution is 6.00. The normalized spacial score (nSPS) is 16.8. The van der Waals surface area contributed by atoms with Crippen LogP contribution in [-0.4, -0.2) is 49.8 Å². The van der Waals surface area contributed by atoms with Gasteiger partial charge in [-0.15, -0.1) is 10.2 Å². The summed E-state index contributed by atoms with van der Waals surface area (Å²) in [5.74, 6) is 2.49. The van der Waals surface area contributed by atoms with Gasteiger partial charge in [0, 0.05) is 37.8 Å². The molecule has 1 spiro atoms. The Morgan fingerprint density at radius 3 is 2.62 bits per heavy atom. The van der Waals surface area contributed by atoms with Crippen molar-refractivity contribution in [3.8, 4) is 17.3 Å². The minimum Gasteiger partial charge on any atom is -0.486 e. The molecule has 1 aromatic carbocycles. The summed E-state index contributed by atoms with van der Waals surface area (Å²) in [6, 6.07) is 16.9. The second kappa shape index (κ2) is 8.33. The van der Waals surface area contributed by atoms with Gasteiger partial charge in [-0.25, -0.2) is 0 Å². The number of pyridine rings is 1. The van der Waals surface area contributed by atoms with Crippen LogP contribution in [0.25, 0.3) is 11.6 Å². The van der Waals surface area contributed by atoms with Crippen molar-refractivity contribution in [1.29, 1.82) is 0 Å². The fourth-order valence-electron chi connectivity index (χ4n) is 4.57. The van der Waals surface area contributed by atoms with Crippen LogP contribution in [0.2, 0.25) is 0 Å². The molecule has 1 fully saturated rings. The predicted octanol–water partition coefficient (Wildman–Crippen LogP) is 3.52. The minimum absolute atomic E-state index is 0.154. The summed E-state index contributed by atoms with van der Waals surface area (Å²) in [6.45, 7) is 1.47. The maximum Gasteiger partial charge on any atom is 0.278 e. The van der Waals surface area contributed by atoms with Gasteiger partial charge >= 0.3 is 0 Å². The highest BCUT2D eigenvalue weighted by Crippen LogP contribution is 2.39. The Hall–Kier alpha value is -4.14. The van der Waals surface area contributed by atoms with Gasteiger partial charge in [0.15, 0.2) is 23.1 Å². The highest BCUT2D eigenvalue weighted by atomic mass is 16.5. The fourth-order valence-corrected chi connectivity index (χ4v) is 4.57. The van der Waals surface area contributed by atoms with E-state index in [-0.39, 0.29) is 5.78 Å². The first-order valence-corrected chi connectivity index (χ1v) is 11.3. The van der Waals surface area contributed by atoms with E-state index in [1.165, 1.54) is 0 Å². The quantitative estimate of drug-likeness (QED) is 0.458. The van der Waals surface area contributed by atoms with E-state index in [1.807, 2.05) is 54.6 Å². The van der Waals surface area contributed by atoms with Crippen molar-refractivity contribution in [2.45, 2.75) is 31.3 Å². The molecule has 0 atom stereocenters. The Kier molecular flexibility index (Phi) is 5.01. The number of para-hydroxylation sites is 1. The number of fused-ring (bicyclic) bond motifs is 1. The van der Waals surface area contributed by atoms with Gasteiger partial charge in [-0.1, -0.05) is 23.4 Å². The van der Waals surface area contributed by atoms with E-state index < -0.39 is 5.60 Å². The molecule has 3 aromatic heterocycles. The molecule has 0 amide bonds. The third-order valence-corrected chi connectivity index (χ3v) is 6.40. The molecule has 0 unspecified atom stereocenters. The van der Waals surface area contributed by atoms with Crippen molar-refractivity contribution in [1.82, 2.24) is 25.3 Å². The van der Waals surface area contributed by atoms with Crippen LogP contribution < -0.4 is 9.64 Å². The number of aromatic nitrogens is 5. The minimum atomic E-state index is -0.441. The summed E-state index contributed by atoms with van der Waals surface area (Å²) in [5, 5.41) is 12.7. The molecule has 0 saturated carbocycles. The maximum atomic E-state index is 12.6. The van der Waals surface area contributed by atoms with Gasteiger partial charge in [-0.05, 0) is 36.4 Å². The van der Waals surface area contributed by atoms with Crippen LogP contribution in [0.5, 0.6) is 5.75 Å². The highest BCUT2D eigenvalue weighted by Gasteiger charge is 2.43. The van der Waals surface area contributed by atoms with E-state index in [0.717, 1.165) is 37.4 Å². The van der Waals surface area contributed by atoms with E-state index in [0.29, 0.717) is 41.6 Å². The molecule has 5 heterocycles. The zero-order valence-electron chi connectivity index (χ0n) is 18.4. The number of carbonyl (C=O) groups excluding carboxylic acids is 1. The molecule has 1 saturated heterocycles. The summed E-state index contributed by atoms with van der Waals surface area (Å²) in [5.41, 5.74) is 1.63. The van der Waals surface area contributed by atoms with Crippen LogP contribution in [0.15, 0.2) is 65.3 Å². The number of ether oxygens (including phenoxy) is 1. The number of carbonyl (C=O) groups is 1. The summed E-state index contributed by atoms with van der Waals surface area (Å²) in [7, 11) is 0. The third-order valence-electron chi connectivity index (χ3n) is 6.40. The SMILES string of the molecule is O=C1CC2(CCN(c3ccc(-c4nc(Cc5ccccn5)no4)nn3)CC2)Oc2ccccc21. The number of hydrogen-bond donors (Lipinski definition) is 0. The van der Waals surface area contributed by atoms with Gasteiger partial charge in [0.1, 0.15) is 11.4 Å². The van der Waals surface area contributed by atoms with Crippen LogP contribution in [0.1, 0.15) is 41.1 Å².